The molecule has 104 valence electrons. The van der Waals surface area contributed by atoms with Gasteiger partial charge < -0.3 is 20.5 Å². The van der Waals surface area contributed by atoms with E-state index in [4.69, 9.17) is 15.2 Å². The van der Waals surface area contributed by atoms with E-state index >= 15 is 0 Å². The first-order valence-electron chi connectivity index (χ1n) is 6.60. The van der Waals surface area contributed by atoms with E-state index in [1.807, 2.05) is 30.3 Å². The monoisotopic (exact) mass is 264 g/mol. The molecule has 1 aliphatic rings. The van der Waals surface area contributed by atoms with Gasteiger partial charge in [0.1, 0.15) is 18.5 Å². The summed E-state index contributed by atoms with van der Waals surface area (Å²) in [5, 5.41) is 2.81. The van der Waals surface area contributed by atoms with E-state index in [0.717, 1.165) is 18.6 Å². The Morgan fingerprint density at radius 3 is 2.84 bits per heavy atom. The van der Waals surface area contributed by atoms with Crippen LogP contribution in [0.25, 0.3) is 0 Å². The fraction of sp³-hybridized carbons (Fsp3) is 0.500. The average Bonchev–Trinajstić information content (AvgIpc) is 2.93. The number of carbonyl (C=O) groups is 1. The second kappa shape index (κ2) is 7.11. The van der Waals surface area contributed by atoms with E-state index in [-0.39, 0.29) is 18.1 Å². The molecule has 1 aromatic carbocycles. The van der Waals surface area contributed by atoms with Crippen LogP contribution >= 0.6 is 0 Å². The Labute approximate surface area is 113 Å². The quantitative estimate of drug-likeness (QED) is 0.741. The number of rotatable bonds is 6. The predicted molar refractivity (Wildman–Crippen MR) is 71.9 cm³/mol. The van der Waals surface area contributed by atoms with Crippen molar-refractivity contribution in [3.05, 3.63) is 30.3 Å². The van der Waals surface area contributed by atoms with E-state index in [9.17, 15) is 4.79 Å². The molecule has 3 N–H and O–H groups in total. The van der Waals surface area contributed by atoms with Crippen molar-refractivity contribution < 1.29 is 14.3 Å². The Hall–Kier alpha value is -1.59. The first-order chi connectivity index (χ1) is 9.29. The highest BCUT2D eigenvalue weighted by atomic mass is 16.5. The van der Waals surface area contributed by atoms with Crippen LogP contribution in [0.4, 0.5) is 0 Å². The van der Waals surface area contributed by atoms with Gasteiger partial charge in [-0.05, 0) is 25.0 Å². The van der Waals surface area contributed by atoms with Crippen LogP contribution in [0.15, 0.2) is 30.3 Å². The van der Waals surface area contributed by atoms with Crippen molar-refractivity contribution in [1.29, 1.82) is 0 Å². The second-order valence-electron chi connectivity index (χ2n) is 4.51. The molecule has 19 heavy (non-hydrogen) atoms. The smallest absolute Gasteiger partial charge is 0.249 e. The van der Waals surface area contributed by atoms with Gasteiger partial charge in [0.25, 0.3) is 0 Å². The van der Waals surface area contributed by atoms with Crippen molar-refractivity contribution in [2.75, 3.05) is 19.7 Å². The molecule has 1 aliphatic heterocycles. The Balaban J connectivity index is 1.62. The predicted octanol–water partition coefficient (Wildman–Crippen LogP) is 0.688. The Morgan fingerprint density at radius 1 is 1.37 bits per heavy atom. The fourth-order valence-electron chi connectivity index (χ4n) is 2.05. The number of amides is 1. The van der Waals surface area contributed by atoms with E-state index in [1.165, 1.54) is 0 Å². The van der Waals surface area contributed by atoms with Gasteiger partial charge in [-0.25, -0.2) is 0 Å². The minimum absolute atomic E-state index is 0.0244. The highest BCUT2D eigenvalue weighted by molar-refractivity contribution is 5.80. The summed E-state index contributed by atoms with van der Waals surface area (Å²) in [6.45, 7) is 1.39. The SMILES string of the molecule is NC[C@H]1CC[C@@H](C(=O)NCCOc2ccccc2)O1. The van der Waals surface area contributed by atoms with Gasteiger partial charge in [-0.1, -0.05) is 18.2 Å². The molecular weight excluding hydrogens is 244 g/mol. The lowest BCUT2D eigenvalue weighted by molar-refractivity contribution is -0.131. The van der Waals surface area contributed by atoms with Crippen LogP contribution in [0.2, 0.25) is 0 Å². The zero-order valence-electron chi connectivity index (χ0n) is 10.9. The summed E-state index contributed by atoms with van der Waals surface area (Å²) in [6.07, 6.45) is 1.27. The number of carbonyl (C=O) groups excluding carboxylic acids is 1. The highest BCUT2D eigenvalue weighted by Crippen LogP contribution is 2.18. The Bertz CT molecular complexity index is 397. The van der Waals surface area contributed by atoms with Crippen molar-refractivity contribution in [1.82, 2.24) is 5.32 Å². The van der Waals surface area contributed by atoms with Gasteiger partial charge in [-0.15, -0.1) is 0 Å². The second-order valence-corrected chi connectivity index (χ2v) is 4.51. The normalized spacial score (nSPS) is 22.2. The van der Waals surface area contributed by atoms with Gasteiger partial charge >= 0.3 is 0 Å². The van der Waals surface area contributed by atoms with E-state index < -0.39 is 0 Å². The molecule has 0 aromatic heterocycles. The molecule has 0 spiro atoms. The molecule has 0 bridgehead atoms. The molecule has 2 atom stereocenters. The number of nitrogens with two attached hydrogens (primary N) is 1. The average molecular weight is 264 g/mol. The van der Waals surface area contributed by atoms with Gasteiger partial charge in [0, 0.05) is 6.54 Å². The number of hydrogen-bond donors (Lipinski definition) is 2. The molecule has 1 aromatic rings. The maximum absolute atomic E-state index is 11.8. The molecule has 1 heterocycles. The number of ether oxygens (including phenoxy) is 2. The summed E-state index contributed by atoms with van der Waals surface area (Å²) in [6, 6.07) is 9.52. The van der Waals surface area contributed by atoms with Crippen LogP contribution in [-0.2, 0) is 9.53 Å². The summed E-state index contributed by atoms with van der Waals surface area (Å²) in [7, 11) is 0. The van der Waals surface area contributed by atoms with Gasteiger partial charge in [0.2, 0.25) is 5.91 Å². The van der Waals surface area contributed by atoms with E-state index in [2.05, 4.69) is 5.32 Å². The van der Waals surface area contributed by atoms with Crippen LogP contribution in [0, 0.1) is 0 Å². The van der Waals surface area contributed by atoms with Gasteiger partial charge in [0.05, 0.1) is 12.6 Å². The zero-order valence-corrected chi connectivity index (χ0v) is 10.9. The molecule has 1 saturated heterocycles. The van der Waals surface area contributed by atoms with Crippen LogP contribution in [0.3, 0.4) is 0 Å². The van der Waals surface area contributed by atoms with Crippen LogP contribution in [0.5, 0.6) is 5.75 Å². The van der Waals surface area contributed by atoms with Gasteiger partial charge in [-0.3, -0.25) is 4.79 Å². The Kier molecular flexibility index (Phi) is 5.18. The molecule has 0 unspecified atom stereocenters. The van der Waals surface area contributed by atoms with E-state index in [1.54, 1.807) is 0 Å². The van der Waals surface area contributed by atoms with Crippen molar-refractivity contribution in [3.63, 3.8) is 0 Å². The van der Waals surface area contributed by atoms with Crippen molar-refractivity contribution in [2.45, 2.75) is 25.0 Å². The fourth-order valence-corrected chi connectivity index (χ4v) is 2.05. The maximum atomic E-state index is 11.8. The van der Waals surface area contributed by atoms with Gasteiger partial charge in [0.15, 0.2) is 0 Å². The highest BCUT2D eigenvalue weighted by Gasteiger charge is 2.29. The summed E-state index contributed by atoms with van der Waals surface area (Å²) in [4.78, 5) is 11.8. The third-order valence-electron chi connectivity index (χ3n) is 3.08. The molecule has 0 saturated carbocycles. The lowest BCUT2D eigenvalue weighted by Crippen LogP contribution is -2.37. The molecular formula is C14H20N2O3. The summed E-state index contributed by atoms with van der Waals surface area (Å²) in [5.74, 6) is 0.727. The zero-order chi connectivity index (χ0) is 13.5. The summed E-state index contributed by atoms with van der Waals surface area (Å²) in [5.41, 5.74) is 5.51. The topological polar surface area (TPSA) is 73.6 Å². The van der Waals surface area contributed by atoms with Crippen molar-refractivity contribution in [3.8, 4) is 5.75 Å². The van der Waals surface area contributed by atoms with Crippen LogP contribution in [-0.4, -0.2) is 37.8 Å². The number of hydrogen-bond acceptors (Lipinski definition) is 4. The Morgan fingerprint density at radius 2 is 2.16 bits per heavy atom. The summed E-state index contributed by atoms with van der Waals surface area (Å²) >= 11 is 0. The maximum Gasteiger partial charge on any atom is 0.249 e. The third-order valence-corrected chi connectivity index (χ3v) is 3.08. The minimum atomic E-state index is -0.356. The number of nitrogens with one attached hydrogen (secondary N) is 1. The number of para-hydroxylation sites is 1. The van der Waals surface area contributed by atoms with Gasteiger partial charge in [-0.2, -0.15) is 0 Å². The lowest BCUT2D eigenvalue weighted by Gasteiger charge is -2.13. The summed E-state index contributed by atoms with van der Waals surface area (Å²) < 4.78 is 11.0. The first kappa shape index (κ1) is 13.8. The van der Waals surface area contributed by atoms with E-state index in [0.29, 0.717) is 19.7 Å². The molecule has 5 heteroatoms. The van der Waals surface area contributed by atoms with Crippen molar-refractivity contribution >= 4 is 5.91 Å². The molecule has 2 rings (SSSR count). The third kappa shape index (κ3) is 4.22. The molecule has 0 radical (unpaired) electrons. The minimum Gasteiger partial charge on any atom is -0.492 e. The number of benzene rings is 1. The first-order valence-corrected chi connectivity index (χ1v) is 6.60. The molecule has 1 amide bonds. The molecule has 1 fully saturated rings. The van der Waals surface area contributed by atoms with Crippen LogP contribution in [0.1, 0.15) is 12.8 Å². The lowest BCUT2D eigenvalue weighted by atomic mass is 10.2. The van der Waals surface area contributed by atoms with Crippen LogP contribution < -0.4 is 15.8 Å². The largest absolute Gasteiger partial charge is 0.492 e. The molecule has 0 aliphatic carbocycles. The van der Waals surface area contributed by atoms with Crippen molar-refractivity contribution in [2.24, 2.45) is 5.73 Å². The molecule has 5 nitrogen and oxygen atoms in total. The standard InChI is InChI=1S/C14H20N2O3/c15-10-12-6-7-13(19-12)14(17)16-8-9-18-11-4-2-1-3-5-11/h1-5,12-13H,6-10,15H2,(H,16,17)/t12-,13+/m1/s1.